The minimum absolute atomic E-state index is 0.279. The van der Waals surface area contributed by atoms with Crippen molar-refractivity contribution in [2.75, 3.05) is 13.2 Å². The molecule has 0 aromatic rings. The number of nitrogens with one attached hydrogen (secondary N) is 1. The van der Waals surface area contributed by atoms with Gasteiger partial charge in [-0.2, -0.15) is 0 Å². The summed E-state index contributed by atoms with van der Waals surface area (Å²) < 4.78 is 0. The molecule has 6 N–H and O–H groups in total. The topological polar surface area (TPSA) is 196 Å². The molecule has 0 bridgehead atoms. The summed E-state index contributed by atoms with van der Waals surface area (Å²) in [5.74, 6) is -1.10. The van der Waals surface area contributed by atoms with E-state index in [1.54, 1.807) is 5.32 Å². The second-order valence-electron chi connectivity index (χ2n) is 3.57. The molecule has 0 heterocycles. The van der Waals surface area contributed by atoms with Gasteiger partial charge in [0, 0.05) is 4.91 Å². The first-order chi connectivity index (χ1) is 8.82. The van der Waals surface area contributed by atoms with Gasteiger partial charge in [0.25, 0.3) is 0 Å². The number of aldehydes is 1. The van der Waals surface area contributed by atoms with Crippen molar-refractivity contribution >= 4 is 12.2 Å². The van der Waals surface area contributed by atoms with Gasteiger partial charge in [0.15, 0.2) is 6.29 Å². The van der Waals surface area contributed by atoms with Gasteiger partial charge in [0.2, 0.25) is 11.6 Å². The first-order valence-electron chi connectivity index (χ1n) is 4.98. The second-order valence-corrected chi connectivity index (χ2v) is 3.57. The highest BCUT2D eigenvalue weighted by molar-refractivity contribution is 5.82. The van der Waals surface area contributed by atoms with Crippen LogP contribution in [0, 0.1) is 0 Å². The van der Waals surface area contributed by atoms with Crippen LogP contribution in [0.1, 0.15) is 0 Å². The first-order valence-corrected chi connectivity index (χ1v) is 4.98. The Morgan fingerprint density at radius 2 is 2.05 bits per heavy atom. The molecule has 0 aliphatic heterocycles. The summed E-state index contributed by atoms with van der Waals surface area (Å²) in [7, 11) is 0. The number of azide groups is 1. The Morgan fingerprint density at radius 3 is 2.47 bits per heavy atom. The Kier molecular flexibility index (Phi) is 6.93. The maximum Gasteiger partial charge on any atom is 0.228 e. The normalized spacial score (nSPS) is 18.4. The summed E-state index contributed by atoms with van der Waals surface area (Å²) in [6.07, 6.45) is -6.52. The lowest BCUT2D eigenvalue weighted by molar-refractivity contribution is -0.176. The number of aliphatic hydroxyl groups excluding tert-OH is 4. The first kappa shape index (κ1) is 17.2. The number of carbonyl (C=O) groups is 2. The van der Waals surface area contributed by atoms with Crippen LogP contribution in [0.3, 0.4) is 0 Å². The SMILES string of the molecule is [N-]=[N+]=NCC(=O)N[C@](O)(C=O)[C@@H](O)[C@H](O)[C@H](O)CO. The fraction of sp³-hybridized carbons (Fsp3) is 0.750. The highest BCUT2D eigenvalue weighted by atomic mass is 16.4. The Hall–Kier alpha value is -1.75. The van der Waals surface area contributed by atoms with Crippen molar-refractivity contribution in [3.8, 4) is 0 Å². The fourth-order valence-corrected chi connectivity index (χ4v) is 1.11. The van der Waals surface area contributed by atoms with Gasteiger partial charge >= 0.3 is 0 Å². The van der Waals surface area contributed by atoms with Crippen molar-refractivity contribution in [1.29, 1.82) is 0 Å². The molecule has 0 fully saturated rings. The van der Waals surface area contributed by atoms with Crippen molar-refractivity contribution in [3.63, 3.8) is 0 Å². The van der Waals surface area contributed by atoms with Crippen LogP contribution in [0.2, 0.25) is 0 Å². The Bertz CT molecular complexity index is 372. The van der Waals surface area contributed by atoms with E-state index in [0.717, 1.165) is 0 Å². The Balaban J connectivity index is 4.88. The van der Waals surface area contributed by atoms with Crippen molar-refractivity contribution in [2.24, 2.45) is 5.11 Å². The number of aliphatic hydroxyl groups is 5. The van der Waals surface area contributed by atoms with Gasteiger partial charge in [-0.05, 0) is 5.53 Å². The third-order valence-corrected chi connectivity index (χ3v) is 2.15. The zero-order valence-electron chi connectivity index (χ0n) is 9.62. The molecule has 0 saturated heterocycles. The molecule has 19 heavy (non-hydrogen) atoms. The lowest BCUT2D eigenvalue weighted by Crippen LogP contribution is -2.64. The van der Waals surface area contributed by atoms with E-state index in [0.29, 0.717) is 0 Å². The van der Waals surface area contributed by atoms with Crippen LogP contribution in [0.15, 0.2) is 5.11 Å². The van der Waals surface area contributed by atoms with Crippen LogP contribution >= 0.6 is 0 Å². The van der Waals surface area contributed by atoms with Gasteiger partial charge in [0.05, 0.1) is 6.61 Å². The van der Waals surface area contributed by atoms with E-state index >= 15 is 0 Å². The monoisotopic (exact) mass is 278 g/mol. The molecule has 0 unspecified atom stereocenters. The van der Waals surface area contributed by atoms with Crippen LogP contribution in [-0.4, -0.2) is 74.9 Å². The molecule has 0 aromatic heterocycles. The molecule has 0 spiro atoms. The highest BCUT2D eigenvalue weighted by Gasteiger charge is 2.43. The zero-order chi connectivity index (χ0) is 15.1. The summed E-state index contributed by atoms with van der Waals surface area (Å²) in [6, 6.07) is 0. The van der Waals surface area contributed by atoms with E-state index < -0.39 is 43.1 Å². The quantitative estimate of drug-likeness (QED) is 0.0865. The Labute approximate surface area is 106 Å². The second kappa shape index (κ2) is 7.63. The number of amides is 1. The predicted molar refractivity (Wildman–Crippen MR) is 58.3 cm³/mol. The zero-order valence-corrected chi connectivity index (χ0v) is 9.62. The summed E-state index contributed by atoms with van der Waals surface area (Å²) in [4.78, 5) is 24.1. The van der Waals surface area contributed by atoms with Gasteiger partial charge in [-0.3, -0.25) is 9.59 Å². The maximum absolute atomic E-state index is 11.1. The van der Waals surface area contributed by atoms with Crippen LogP contribution in [-0.2, 0) is 9.59 Å². The fourth-order valence-electron chi connectivity index (χ4n) is 1.11. The van der Waals surface area contributed by atoms with E-state index in [1.807, 2.05) is 0 Å². The number of rotatable bonds is 8. The van der Waals surface area contributed by atoms with Gasteiger partial charge in [0.1, 0.15) is 24.9 Å². The summed E-state index contributed by atoms with van der Waals surface area (Å²) in [5, 5.41) is 50.6. The van der Waals surface area contributed by atoms with Crippen LogP contribution in [0.5, 0.6) is 0 Å². The molecule has 0 rings (SSSR count). The number of hydrogen-bond donors (Lipinski definition) is 6. The summed E-state index contributed by atoms with van der Waals surface area (Å²) >= 11 is 0. The molecule has 11 nitrogen and oxygen atoms in total. The molecule has 4 atom stereocenters. The average molecular weight is 278 g/mol. The van der Waals surface area contributed by atoms with Crippen LogP contribution < -0.4 is 5.32 Å². The van der Waals surface area contributed by atoms with Crippen molar-refractivity contribution in [2.45, 2.75) is 24.0 Å². The molecule has 0 aliphatic rings. The third-order valence-electron chi connectivity index (χ3n) is 2.15. The van der Waals surface area contributed by atoms with Gasteiger partial charge in [-0.15, -0.1) is 0 Å². The molecular weight excluding hydrogens is 264 g/mol. The standard InChI is InChI=1S/C8H14N4O7/c9-12-10-1-5(16)11-8(19,3-14)7(18)6(17)4(15)2-13/h3-4,6-7,13,15,17-19H,1-2H2,(H,11,16)/t4-,6-,7+,8+/m1/s1. The van der Waals surface area contributed by atoms with E-state index in [4.69, 9.17) is 15.7 Å². The lowest BCUT2D eigenvalue weighted by Gasteiger charge is -2.32. The van der Waals surface area contributed by atoms with E-state index in [9.17, 15) is 24.9 Å². The van der Waals surface area contributed by atoms with Crippen LogP contribution in [0.25, 0.3) is 10.4 Å². The van der Waals surface area contributed by atoms with Crippen molar-refractivity contribution in [3.05, 3.63) is 10.4 Å². The molecule has 0 radical (unpaired) electrons. The molecule has 0 aliphatic carbocycles. The Morgan fingerprint density at radius 1 is 1.47 bits per heavy atom. The van der Waals surface area contributed by atoms with E-state index in [2.05, 4.69) is 10.0 Å². The number of carbonyl (C=O) groups excluding carboxylic acids is 2. The van der Waals surface area contributed by atoms with Crippen molar-refractivity contribution in [1.82, 2.24) is 5.32 Å². The molecule has 108 valence electrons. The molecule has 0 saturated carbocycles. The lowest BCUT2D eigenvalue weighted by atomic mass is 9.98. The minimum atomic E-state index is -2.91. The van der Waals surface area contributed by atoms with Gasteiger partial charge in [-0.1, -0.05) is 5.11 Å². The summed E-state index contributed by atoms with van der Waals surface area (Å²) in [5.41, 5.74) is 5.06. The van der Waals surface area contributed by atoms with E-state index in [-0.39, 0.29) is 6.29 Å². The number of nitrogens with zero attached hydrogens (tertiary/aromatic N) is 3. The molecular formula is C8H14N4O7. The average Bonchev–Trinajstić information content (AvgIpc) is 2.42. The number of hydrogen-bond acceptors (Lipinski definition) is 8. The van der Waals surface area contributed by atoms with Crippen molar-refractivity contribution < 1.29 is 35.1 Å². The summed E-state index contributed by atoms with van der Waals surface area (Å²) in [6.45, 7) is -1.70. The molecule has 11 heteroatoms. The maximum atomic E-state index is 11.1. The third kappa shape index (κ3) is 4.79. The highest BCUT2D eigenvalue weighted by Crippen LogP contribution is 2.11. The van der Waals surface area contributed by atoms with Gasteiger partial charge < -0.3 is 30.8 Å². The predicted octanol–water partition coefficient (Wildman–Crippen LogP) is -3.62. The minimum Gasteiger partial charge on any atom is -0.394 e. The smallest absolute Gasteiger partial charge is 0.228 e. The van der Waals surface area contributed by atoms with E-state index in [1.165, 1.54) is 0 Å². The van der Waals surface area contributed by atoms with Gasteiger partial charge in [-0.25, -0.2) is 0 Å². The van der Waals surface area contributed by atoms with Crippen LogP contribution in [0.4, 0.5) is 0 Å². The largest absolute Gasteiger partial charge is 0.394 e. The molecule has 0 aromatic carbocycles. The molecule has 1 amide bonds.